The lowest BCUT2D eigenvalue weighted by Gasteiger charge is -2.39. The molecular weight excluding hydrogens is 404 g/mol. The summed E-state index contributed by atoms with van der Waals surface area (Å²) in [5, 5.41) is 44.3. The summed E-state index contributed by atoms with van der Waals surface area (Å²) in [5.74, 6) is 1.08. The van der Waals surface area contributed by atoms with Crippen LogP contribution in [0.5, 0.6) is 11.6 Å². The zero-order valence-electron chi connectivity index (χ0n) is 18.1. The van der Waals surface area contributed by atoms with Crippen LogP contribution in [0, 0.1) is 6.92 Å². The topological polar surface area (TPSA) is 126 Å². The second-order valence-corrected chi connectivity index (χ2v) is 7.66. The normalized spacial score (nSPS) is 26.1. The van der Waals surface area contributed by atoms with E-state index >= 15 is 0 Å². The molecule has 9 heteroatoms. The maximum atomic E-state index is 10.3. The molecule has 0 bridgehead atoms. The van der Waals surface area contributed by atoms with Crippen molar-refractivity contribution in [2.75, 3.05) is 13.2 Å². The minimum absolute atomic E-state index is 0.282. The average Bonchev–Trinajstić information content (AvgIpc) is 3.05. The van der Waals surface area contributed by atoms with Gasteiger partial charge in [-0.1, -0.05) is 19.1 Å². The molecule has 1 aromatic carbocycles. The molecule has 1 aromatic heterocycles. The van der Waals surface area contributed by atoms with Crippen molar-refractivity contribution >= 4 is 0 Å². The van der Waals surface area contributed by atoms with Crippen LogP contribution >= 0.6 is 0 Å². The number of aliphatic hydroxyl groups excluding tert-OH is 4. The van der Waals surface area contributed by atoms with E-state index in [4.69, 9.17) is 14.2 Å². The minimum atomic E-state index is -1.51. The van der Waals surface area contributed by atoms with Gasteiger partial charge in [-0.25, -0.2) is 0 Å². The SMILES string of the molecule is CCCn1nc(OC2O[C@H](CO)[C@@H](O)[C@H](O)[C@H]2O)c(Cc2ccc(OCC)cc2)c1C. The van der Waals surface area contributed by atoms with E-state index in [0.717, 1.165) is 29.0 Å². The number of nitrogens with zero attached hydrogens (tertiary/aromatic N) is 2. The fourth-order valence-electron chi connectivity index (χ4n) is 3.63. The van der Waals surface area contributed by atoms with Gasteiger partial charge >= 0.3 is 0 Å². The van der Waals surface area contributed by atoms with Crippen molar-refractivity contribution in [1.82, 2.24) is 9.78 Å². The number of benzene rings is 1. The molecule has 0 amide bonds. The fourth-order valence-corrected chi connectivity index (χ4v) is 3.63. The molecule has 0 saturated carbocycles. The highest BCUT2D eigenvalue weighted by Crippen LogP contribution is 2.29. The molecule has 5 atom stereocenters. The standard InChI is InChI=1S/C22H32N2O7/c1-4-10-24-13(3)16(11-14-6-8-15(9-7-14)29-5-2)21(23-24)31-22-20(28)19(27)18(26)17(12-25)30-22/h6-9,17-20,22,25-28H,4-5,10-12H2,1-3H3/t17-,18-,19+,20-,22?/m1/s1. The Morgan fingerprint density at radius 3 is 2.39 bits per heavy atom. The van der Waals surface area contributed by atoms with E-state index in [2.05, 4.69) is 5.10 Å². The Labute approximate surface area is 181 Å². The Balaban J connectivity index is 1.86. The van der Waals surface area contributed by atoms with Crippen molar-refractivity contribution in [3.63, 3.8) is 0 Å². The van der Waals surface area contributed by atoms with Gasteiger partial charge in [-0.05, 0) is 38.0 Å². The largest absolute Gasteiger partial charge is 0.494 e. The number of ether oxygens (including phenoxy) is 3. The average molecular weight is 437 g/mol. The maximum Gasteiger partial charge on any atom is 0.239 e. The second-order valence-electron chi connectivity index (χ2n) is 7.66. The van der Waals surface area contributed by atoms with Crippen LogP contribution in [0.2, 0.25) is 0 Å². The van der Waals surface area contributed by atoms with E-state index < -0.39 is 37.3 Å². The van der Waals surface area contributed by atoms with Crippen LogP contribution in [0.4, 0.5) is 0 Å². The quantitative estimate of drug-likeness (QED) is 0.454. The van der Waals surface area contributed by atoms with E-state index in [-0.39, 0.29) is 5.88 Å². The van der Waals surface area contributed by atoms with Crippen LogP contribution < -0.4 is 9.47 Å². The third kappa shape index (κ3) is 5.19. The molecule has 0 spiro atoms. The lowest BCUT2D eigenvalue weighted by atomic mass is 9.99. The summed E-state index contributed by atoms with van der Waals surface area (Å²) in [6, 6.07) is 7.75. The monoisotopic (exact) mass is 436 g/mol. The van der Waals surface area contributed by atoms with Gasteiger partial charge in [0.05, 0.1) is 13.2 Å². The molecule has 1 unspecified atom stereocenters. The first kappa shape index (κ1) is 23.5. The van der Waals surface area contributed by atoms with Crippen molar-refractivity contribution in [3.05, 3.63) is 41.1 Å². The highest BCUT2D eigenvalue weighted by molar-refractivity contribution is 5.38. The third-order valence-electron chi connectivity index (χ3n) is 5.42. The maximum absolute atomic E-state index is 10.3. The summed E-state index contributed by atoms with van der Waals surface area (Å²) in [6.07, 6.45) is -5.35. The first-order valence-electron chi connectivity index (χ1n) is 10.6. The predicted octanol–water partition coefficient (Wildman–Crippen LogP) is 0.770. The molecule has 1 aliphatic rings. The smallest absolute Gasteiger partial charge is 0.239 e. The van der Waals surface area contributed by atoms with Crippen LogP contribution in [-0.4, -0.2) is 74.1 Å². The molecule has 31 heavy (non-hydrogen) atoms. The number of aryl methyl sites for hydroxylation is 1. The van der Waals surface area contributed by atoms with E-state index in [9.17, 15) is 20.4 Å². The molecule has 3 rings (SSSR count). The molecule has 2 heterocycles. The molecule has 0 radical (unpaired) electrons. The Hall–Kier alpha value is -2.17. The Bertz CT molecular complexity index is 837. The van der Waals surface area contributed by atoms with Crippen LogP contribution in [0.15, 0.2) is 24.3 Å². The second kappa shape index (κ2) is 10.4. The molecule has 1 saturated heterocycles. The van der Waals surface area contributed by atoms with Gasteiger partial charge in [0.2, 0.25) is 12.2 Å². The lowest BCUT2D eigenvalue weighted by Crippen LogP contribution is -2.60. The Kier molecular flexibility index (Phi) is 7.90. The van der Waals surface area contributed by atoms with E-state index in [1.54, 1.807) is 0 Å². The molecule has 2 aromatic rings. The van der Waals surface area contributed by atoms with Crippen molar-refractivity contribution in [2.45, 2.75) is 70.9 Å². The van der Waals surface area contributed by atoms with Gasteiger partial charge in [0.1, 0.15) is 30.2 Å². The van der Waals surface area contributed by atoms with E-state index in [1.807, 2.05) is 49.7 Å². The van der Waals surface area contributed by atoms with Gasteiger partial charge in [0, 0.05) is 24.2 Å². The molecule has 172 valence electrons. The highest BCUT2D eigenvalue weighted by Gasteiger charge is 2.45. The zero-order valence-corrected chi connectivity index (χ0v) is 18.1. The van der Waals surface area contributed by atoms with Crippen LogP contribution in [0.3, 0.4) is 0 Å². The van der Waals surface area contributed by atoms with Crippen molar-refractivity contribution in [3.8, 4) is 11.6 Å². The summed E-state index contributed by atoms with van der Waals surface area (Å²) < 4.78 is 18.7. The number of aliphatic hydroxyl groups is 4. The number of hydrogen-bond donors (Lipinski definition) is 4. The molecule has 9 nitrogen and oxygen atoms in total. The first-order chi connectivity index (χ1) is 14.9. The number of aromatic nitrogens is 2. The van der Waals surface area contributed by atoms with Crippen LogP contribution in [0.25, 0.3) is 0 Å². The minimum Gasteiger partial charge on any atom is -0.494 e. The van der Waals surface area contributed by atoms with Crippen LogP contribution in [0.1, 0.15) is 37.1 Å². The van der Waals surface area contributed by atoms with Gasteiger partial charge in [-0.2, -0.15) is 0 Å². The van der Waals surface area contributed by atoms with Gasteiger partial charge in [-0.3, -0.25) is 4.68 Å². The van der Waals surface area contributed by atoms with Crippen molar-refractivity contribution < 1.29 is 34.6 Å². The van der Waals surface area contributed by atoms with Gasteiger partial charge in [-0.15, -0.1) is 5.10 Å². The van der Waals surface area contributed by atoms with Gasteiger partial charge in [0.15, 0.2) is 0 Å². The third-order valence-corrected chi connectivity index (χ3v) is 5.42. The summed E-state index contributed by atoms with van der Waals surface area (Å²) in [7, 11) is 0. The fraction of sp³-hybridized carbons (Fsp3) is 0.591. The van der Waals surface area contributed by atoms with E-state index in [0.29, 0.717) is 19.6 Å². The molecule has 1 fully saturated rings. The first-order valence-corrected chi connectivity index (χ1v) is 10.6. The van der Waals surface area contributed by atoms with Crippen molar-refractivity contribution in [1.29, 1.82) is 0 Å². The van der Waals surface area contributed by atoms with E-state index in [1.165, 1.54) is 0 Å². The molecular formula is C22H32N2O7. The number of hydrogen-bond acceptors (Lipinski definition) is 8. The van der Waals surface area contributed by atoms with Gasteiger partial charge < -0.3 is 34.6 Å². The zero-order chi connectivity index (χ0) is 22.5. The number of rotatable bonds is 9. The lowest BCUT2D eigenvalue weighted by molar-refractivity contribution is -0.278. The van der Waals surface area contributed by atoms with Crippen molar-refractivity contribution in [2.24, 2.45) is 0 Å². The highest BCUT2D eigenvalue weighted by atomic mass is 16.7. The summed E-state index contributed by atoms with van der Waals surface area (Å²) in [5.41, 5.74) is 2.78. The Morgan fingerprint density at radius 1 is 1.06 bits per heavy atom. The summed E-state index contributed by atoms with van der Waals surface area (Å²) in [6.45, 7) is 6.70. The Morgan fingerprint density at radius 2 is 1.77 bits per heavy atom. The summed E-state index contributed by atoms with van der Waals surface area (Å²) in [4.78, 5) is 0. The molecule has 1 aliphatic heterocycles. The molecule has 0 aliphatic carbocycles. The van der Waals surface area contributed by atoms with Gasteiger partial charge in [0.25, 0.3) is 0 Å². The summed E-state index contributed by atoms with van der Waals surface area (Å²) >= 11 is 0. The molecule has 4 N–H and O–H groups in total. The predicted molar refractivity (Wildman–Crippen MR) is 112 cm³/mol. The van der Waals surface area contributed by atoms with Crippen LogP contribution in [-0.2, 0) is 17.7 Å².